The lowest BCUT2D eigenvalue weighted by molar-refractivity contribution is 0.0704. The second kappa shape index (κ2) is 7.95. The van der Waals surface area contributed by atoms with Gasteiger partial charge in [-0.1, -0.05) is 18.2 Å². The number of hydrogen-bond acceptors (Lipinski definition) is 4. The molecule has 0 bridgehead atoms. The zero-order valence-electron chi connectivity index (χ0n) is 16.6. The van der Waals surface area contributed by atoms with E-state index in [4.69, 9.17) is 4.74 Å². The molecule has 1 aromatic heterocycles. The summed E-state index contributed by atoms with van der Waals surface area (Å²) >= 11 is 0. The normalized spacial score (nSPS) is 16.6. The lowest BCUT2D eigenvalue weighted by Crippen LogP contribution is -2.40. The van der Waals surface area contributed by atoms with Gasteiger partial charge in [-0.05, 0) is 49.2 Å². The van der Waals surface area contributed by atoms with E-state index in [0.29, 0.717) is 24.5 Å². The van der Waals surface area contributed by atoms with E-state index in [0.717, 1.165) is 24.3 Å². The van der Waals surface area contributed by atoms with E-state index in [1.165, 1.54) is 4.68 Å². The summed E-state index contributed by atoms with van der Waals surface area (Å²) in [5.41, 5.74) is 1.25. The number of amides is 1. The highest BCUT2D eigenvalue weighted by Gasteiger charge is 2.30. The highest BCUT2D eigenvalue weighted by molar-refractivity contribution is 5.94. The number of carbonyl (C=O) groups is 1. The number of methoxy groups -OCH3 is 1. The molecule has 0 N–H and O–H groups in total. The van der Waals surface area contributed by atoms with Crippen LogP contribution in [0.3, 0.4) is 0 Å². The molecule has 0 spiro atoms. The predicted octanol–water partition coefficient (Wildman–Crippen LogP) is 2.60. The van der Waals surface area contributed by atoms with E-state index in [2.05, 4.69) is 5.10 Å². The highest BCUT2D eigenvalue weighted by atomic mass is 16.5. The Balaban J connectivity index is 1.61. The summed E-state index contributed by atoms with van der Waals surface area (Å²) < 4.78 is 8.20. The van der Waals surface area contributed by atoms with Gasteiger partial charge in [0.25, 0.3) is 5.91 Å². The Bertz CT molecular complexity index is 1050. The van der Waals surface area contributed by atoms with E-state index >= 15 is 0 Å². The first kappa shape index (κ1) is 19.0. The third kappa shape index (κ3) is 3.68. The van der Waals surface area contributed by atoms with Crippen LogP contribution in [-0.4, -0.2) is 45.4 Å². The van der Waals surface area contributed by atoms with Gasteiger partial charge in [0, 0.05) is 31.6 Å². The number of aromatic nitrogens is 3. The first-order chi connectivity index (χ1) is 14.1. The van der Waals surface area contributed by atoms with E-state index in [1.54, 1.807) is 43.0 Å². The van der Waals surface area contributed by atoms with Gasteiger partial charge in [-0.3, -0.25) is 4.79 Å². The number of para-hydroxylation sites is 1. The SMILES string of the molecule is COc1ccc(C(=O)N2CCCC(c3nn(C)c(=O)n3-c3ccccc3)C2)cc1. The number of benzene rings is 2. The van der Waals surface area contributed by atoms with Crippen molar-refractivity contribution < 1.29 is 9.53 Å². The summed E-state index contributed by atoms with van der Waals surface area (Å²) in [5.74, 6) is 1.41. The molecule has 1 fully saturated rings. The van der Waals surface area contributed by atoms with Gasteiger partial charge in [-0.2, -0.15) is 5.10 Å². The van der Waals surface area contributed by atoms with Crippen molar-refractivity contribution in [2.45, 2.75) is 18.8 Å². The van der Waals surface area contributed by atoms with Crippen molar-refractivity contribution >= 4 is 5.91 Å². The van der Waals surface area contributed by atoms with Crippen LogP contribution in [0, 0.1) is 0 Å². The first-order valence-electron chi connectivity index (χ1n) is 9.73. The Kier molecular flexibility index (Phi) is 5.20. The maximum absolute atomic E-state index is 13.0. The highest BCUT2D eigenvalue weighted by Crippen LogP contribution is 2.27. The molecule has 7 nitrogen and oxygen atoms in total. The number of nitrogens with zero attached hydrogens (tertiary/aromatic N) is 4. The average molecular weight is 392 g/mol. The molecule has 0 aliphatic carbocycles. The van der Waals surface area contributed by atoms with E-state index in [-0.39, 0.29) is 17.5 Å². The molecule has 1 saturated heterocycles. The topological polar surface area (TPSA) is 69.4 Å². The number of aryl methyl sites for hydroxylation is 1. The van der Waals surface area contributed by atoms with Crippen molar-refractivity contribution in [2.24, 2.45) is 7.05 Å². The maximum atomic E-state index is 13.0. The summed E-state index contributed by atoms with van der Waals surface area (Å²) in [4.78, 5) is 27.5. The fraction of sp³-hybridized carbons (Fsp3) is 0.318. The van der Waals surface area contributed by atoms with Crippen LogP contribution < -0.4 is 10.4 Å². The molecule has 1 atom stereocenters. The fourth-order valence-corrected chi connectivity index (χ4v) is 3.86. The predicted molar refractivity (Wildman–Crippen MR) is 110 cm³/mol. The van der Waals surface area contributed by atoms with Gasteiger partial charge >= 0.3 is 5.69 Å². The molecular formula is C22H24N4O3. The Morgan fingerprint density at radius 2 is 1.83 bits per heavy atom. The number of piperidine rings is 1. The number of carbonyl (C=O) groups excluding carboxylic acids is 1. The zero-order valence-corrected chi connectivity index (χ0v) is 16.6. The van der Waals surface area contributed by atoms with Gasteiger partial charge in [0.05, 0.1) is 12.8 Å². The maximum Gasteiger partial charge on any atom is 0.350 e. The molecule has 29 heavy (non-hydrogen) atoms. The lowest BCUT2D eigenvalue weighted by Gasteiger charge is -2.32. The summed E-state index contributed by atoms with van der Waals surface area (Å²) in [7, 11) is 3.26. The van der Waals surface area contributed by atoms with Crippen molar-refractivity contribution in [1.29, 1.82) is 0 Å². The molecule has 1 aliphatic rings. The van der Waals surface area contributed by atoms with Crippen LogP contribution in [0.15, 0.2) is 59.4 Å². The molecule has 2 aromatic carbocycles. The van der Waals surface area contributed by atoms with Gasteiger partial charge in [0.2, 0.25) is 0 Å². The third-order valence-corrected chi connectivity index (χ3v) is 5.37. The van der Waals surface area contributed by atoms with E-state index in [9.17, 15) is 9.59 Å². The second-order valence-corrected chi connectivity index (χ2v) is 7.25. The number of ether oxygens (including phenoxy) is 1. The van der Waals surface area contributed by atoms with Crippen LogP contribution in [0.1, 0.15) is 34.9 Å². The van der Waals surface area contributed by atoms with Gasteiger partial charge in [0.15, 0.2) is 0 Å². The smallest absolute Gasteiger partial charge is 0.350 e. The largest absolute Gasteiger partial charge is 0.497 e. The van der Waals surface area contributed by atoms with Crippen molar-refractivity contribution in [1.82, 2.24) is 19.2 Å². The number of rotatable bonds is 4. The lowest BCUT2D eigenvalue weighted by atomic mass is 9.96. The monoisotopic (exact) mass is 392 g/mol. The minimum Gasteiger partial charge on any atom is -0.497 e. The van der Waals surface area contributed by atoms with Crippen LogP contribution in [0.5, 0.6) is 5.75 Å². The Labute approximate surface area is 169 Å². The molecular weight excluding hydrogens is 368 g/mol. The Morgan fingerprint density at radius 1 is 1.10 bits per heavy atom. The molecule has 4 rings (SSSR count). The zero-order chi connectivity index (χ0) is 20.4. The first-order valence-corrected chi connectivity index (χ1v) is 9.73. The fourth-order valence-electron chi connectivity index (χ4n) is 3.86. The minimum absolute atomic E-state index is 0.0000504. The van der Waals surface area contributed by atoms with Crippen LogP contribution >= 0.6 is 0 Å². The molecule has 1 aliphatic heterocycles. The molecule has 3 aromatic rings. The molecule has 7 heteroatoms. The minimum atomic E-state index is -0.176. The number of likely N-dealkylation sites (tertiary alicyclic amines) is 1. The molecule has 150 valence electrons. The molecule has 1 unspecified atom stereocenters. The van der Waals surface area contributed by atoms with Crippen LogP contribution in [-0.2, 0) is 7.05 Å². The second-order valence-electron chi connectivity index (χ2n) is 7.25. The molecule has 1 amide bonds. The quantitative estimate of drug-likeness (QED) is 0.684. The summed E-state index contributed by atoms with van der Waals surface area (Å²) in [6.45, 7) is 1.23. The van der Waals surface area contributed by atoms with E-state index < -0.39 is 0 Å². The van der Waals surface area contributed by atoms with Crippen LogP contribution in [0.2, 0.25) is 0 Å². The van der Waals surface area contributed by atoms with Gasteiger partial charge in [0.1, 0.15) is 11.6 Å². The molecule has 2 heterocycles. The number of hydrogen-bond donors (Lipinski definition) is 0. The molecule has 0 radical (unpaired) electrons. The average Bonchev–Trinajstić information content (AvgIpc) is 3.08. The molecule has 0 saturated carbocycles. The third-order valence-electron chi connectivity index (χ3n) is 5.37. The van der Waals surface area contributed by atoms with E-state index in [1.807, 2.05) is 35.2 Å². The summed E-state index contributed by atoms with van der Waals surface area (Å²) in [6.07, 6.45) is 1.75. The Hall–Kier alpha value is -3.35. The summed E-state index contributed by atoms with van der Waals surface area (Å²) in [6, 6.07) is 16.7. The van der Waals surface area contributed by atoms with Crippen molar-refractivity contribution in [3.8, 4) is 11.4 Å². The van der Waals surface area contributed by atoms with Crippen LogP contribution in [0.4, 0.5) is 0 Å². The standard InChI is InChI=1S/C22H24N4O3/c1-24-22(28)26(18-8-4-3-5-9-18)20(23-24)17-7-6-14-25(15-17)21(27)16-10-12-19(29-2)13-11-16/h3-5,8-13,17H,6-7,14-15H2,1-2H3. The van der Waals surface area contributed by atoms with Crippen molar-refractivity contribution in [2.75, 3.05) is 20.2 Å². The van der Waals surface area contributed by atoms with Crippen LogP contribution in [0.25, 0.3) is 5.69 Å². The van der Waals surface area contributed by atoms with Gasteiger partial charge < -0.3 is 9.64 Å². The van der Waals surface area contributed by atoms with Crippen molar-refractivity contribution in [3.05, 3.63) is 76.5 Å². The van der Waals surface area contributed by atoms with Crippen molar-refractivity contribution in [3.63, 3.8) is 0 Å². The Morgan fingerprint density at radius 3 is 2.52 bits per heavy atom. The van der Waals surface area contributed by atoms with Gasteiger partial charge in [-0.15, -0.1) is 0 Å². The van der Waals surface area contributed by atoms with Gasteiger partial charge in [-0.25, -0.2) is 14.0 Å². The summed E-state index contributed by atoms with van der Waals surface area (Å²) in [5, 5.41) is 4.51.